The minimum absolute atomic E-state index is 0.0493. The van der Waals surface area contributed by atoms with Crippen molar-refractivity contribution in [3.63, 3.8) is 0 Å². The van der Waals surface area contributed by atoms with Crippen LogP contribution in [-0.4, -0.2) is 34.2 Å². The van der Waals surface area contributed by atoms with Gasteiger partial charge in [-0.3, -0.25) is 19.4 Å². The zero-order valence-electron chi connectivity index (χ0n) is 14.2. The highest BCUT2D eigenvalue weighted by Crippen LogP contribution is 2.23. The molecule has 0 aliphatic carbocycles. The summed E-state index contributed by atoms with van der Waals surface area (Å²) in [5, 5.41) is 0.626. The maximum absolute atomic E-state index is 12.4. The minimum Gasteiger partial charge on any atom is -0.423 e. The molecule has 1 saturated heterocycles. The van der Waals surface area contributed by atoms with Gasteiger partial charge in [0, 0.05) is 18.0 Å². The molecule has 130 valence electrons. The van der Waals surface area contributed by atoms with E-state index < -0.39 is 23.5 Å². The molecule has 7 nitrogen and oxygen atoms in total. The summed E-state index contributed by atoms with van der Waals surface area (Å²) in [6.45, 7) is 5.60. The van der Waals surface area contributed by atoms with Crippen LogP contribution >= 0.6 is 0 Å². The Balaban J connectivity index is 1.99. The summed E-state index contributed by atoms with van der Waals surface area (Å²) in [4.78, 5) is 50.3. The van der Waals surface area contributed by atoms with Gasteiger partial charge in [0.05, 0.1) is 6.54 Å². The summed E-state index contributed by atoms with van der Waals surface area (Å²) < 4.78 is 5.17. The molecule has 0 saturated carbocycles. The Morgan fingerprint density at radius 1 is 1.00 bits per heavy atom. The van der Waals surface area contributed by atoms with Gasteiger partial charge in [-0.2, -0.15) is 0 Å². The highest BCUT2D eigenvalue weighted by molar-refractivity contribution is 6.44. The molecule has 0 N–H and O–H groups in total. The van der Waals surface area contributed by atoms with Crippen molar-refractivity contribution in [1.82, 2.24) is 9.80 Å². The molecule has 1 aliphatic heterocycles. The average Bonchev–Trinajstić information content (AvgIpc) is 2.71. The number of benzene rings is 1. The van der Waals surface area contributed by atoms with Gasteiger partial charge < -0.3 is 4.42 Å². The van der Waals surface area contributed by atoms with E-state index in [-0.39, 0.29) is 19.0 Å². The third-order valence-electron chi connectivity index (χ3n) is 4.00. The van der Waals surface area contributed by atoms with Gasteiger partial charge in [0.15, 0.2) is 0 Å². The summed E-state index contributed by atoms with van der Waals surface area (Å²) in [5.41, 5.74) is 1.19. The molecule has 1 aliphatic rings. The number of hydrogen-bond acceptors (Lipinski definition) is 5. The highest BCUT2D eigenvalue weighted by atomic mass is 16.4. The maximum Gasteiger partial charge on any atom is 0.336 e. The predicted octanol–water partition coefficient (Wildman–Crippen LogP) is 2.05. The van der Waals surface area contributed by atoms with E-state index in [9.17, 15) is 19.2 Å². The SMILES string of the molecule is Cc1ccc2c(CN3C(=O)C(=O)N(CC(C)C)C3=O)cc(=O)oc2c1. The molecule has 0 spiro atoms. The zero-order chi connectivity index (χ0) is 18.3. The topological polar surface area (TPSA) is 87.9 Å². The number of aryl methyl sites for hydroxylation is 1. The minimum atomic E-state index is -0.876. The maximum atomic E-state index is 12.4. The summed E-state index contributed by atoms with van der Waals surface area (Å²) >= 11 is 0. The molecule has 0 unspecified atom stereocenters. The van der Waals surface area contributed by atoms with E-state index in [4.69, 9.17) is 4.42 Å². The molecule has 0 radical (unpaired) electrons. The van der Waals surface area contributed by atoms with Crippen LogP contribution in [0.2, 0.25) is 0 Å². The van der Waals surface area contributed by atoms with Gasteiger partial charge in [-0.1, -0.05) is 26.0 Å². The quantitative estimate of drug-likeness (QED) is 0.482. The number of rotatable bonds is 4. The summed E-state index contributed by atoms with van der Waals surface area (Å²) in [6.07, 6.45) is 0. The van der Waals surface area contributed by atoms with Crippen LogP contribution in [0, 0.1) is 12.8 Å². The molecule has 2 aromatic rings. The molecule has 0 bridgehead atoms. The van der Waals surface area contributed by atoms with Crippen molar-refractivity contribution < 1.29 is 18.8 Å². The van der Waals surface area contributed by atoms with Gasteiger partial charge in [-0.15, -0.1) is 0 Å². The first-order chi connectivity index (χ1) is 11.8. The summed E-state index contributed by atoms with van der Waals surface area (Å²) in [7, 11) is 0. The Labute approximate surface area is 143 Å². The highest BCUT2D eigenvalue weighted by Gasteiger charge is 2.44. The zero-order valence-corrected chi connectivity index (χ0v) is 14.2. The van der Waals surface area contributed by atoms with Crippen molar-refractivity contribution in [1.29, 1.82) is 0 Å². The molecule has 0 atom stereocenters. The van der Waals surface area contributed by atoms with E-state index in [1.807, 2.05) is 26.8 Å². The smallest absolute Gasteiger partial charge is 0.336 e. The van der Waals surface area contributed by atoms with E-state index in [0.29, 0.717) is 16.5 Å². The molecule has 1 fully saturated rings. The fourth-order valence-corrected chi connectivity index (χ4v) is 2.85. The van der Waals surface area contributed by atoms with Crippen LogP contribution in [0.25, 0.3) is 11.0 Å². The second-order valence-corrected chi connectivity index (χ2v) is 6.57. The molecule has 1 aromatic heterocycles. The third kappa shape index (κ3) is 3.05. The van der Waals surface area contributed by atoms with Crippen molar-refractivity contribution in [2.75, 3.05) is 6.54 Å². The van der Waals surface area contributed by atoms with E-state index >= 15 is 0 Å². The van der Waals surface area contributed by atoms with Crippen LogP contribution in [0.3, 0.4) is 0 Å². The van der Waals surface area contributed by atoms with Crippen molar-refractivity contribution in [3.8, 4) is 0 Å². The fraction of sp³-hybridized carbons (Fsp3) is 0.333. The number of fused-ring (bicyclic) bond motifs is 1. The summed E-state index contributed by atoms with van der Waals surface area (Å²) in [6, 6.07) is 5.91. The molecule has 2 heterocycles. The first-order valence-corrected chi connectivity index (χ1v) is 7.98. The number of amides is 4. The first kappa shape index (κ1) is 16.9. The Kier molecular flexibility index (Phi) is 4.16. The predicted molar refractivity (Wildman–Crippen MR) is 89.7 cm³/mol. The first-order valence-electron chi connectivity index (χ1n) is 7.98. The molecule has 3 rings (SSSR count). The number of carbonyl (C=O) groups excluding carboxylic acids is 3. The van der Waals surface area contributed by atoms with Crippen LogP contribution in [-0.2, 0) is 16.1 Å². The van der Waals surface area contributed by atoms with Crippen molar-refractivity contribution in [2.24, 2.45) is 5.92 Å². The third-order valence-corrected chi connectivity index (χ3v) is 4.00. The summed E-state index contributed by atoms with van der Waals surface area (Å²) in [5.74, 6) is -1.66. The van der Waals surface area contributed by atoms with Crippen molar-refractivity contribution >= 4 is 28.8 Å². The molecule has 25 heavy (non-hydrogen) atoms. The van der Waals surface area contributed by atoms with E-state index in [2.05, 4.69) is 0 Å². The normalized spacial score (nSPS) is 15.1. The van der Waals surface area contributed by atoms with Crippen molar-refractivity contribution in [3.05, 3.63) is 45.8 Å². The van der Waals surface area contributed by atoms with Crippen LogP contribution in [0.15, 0.2) is 33.5 Å². The number of imide groups is 2. The van der Waals surface area contributed by atoms with E-state index in [1.165, 1.54) is 6.07 Å². The van der Waals surface area contributed by atoms with Gasteiger partial charge in [-0.25, -0.2) is 9.59 Å². The van der Waals surface area contributed by atoms with Crippen LogP contribution < -0.4 is 5.63 Å². The number of urea groups is 1. The van der Waals surface area contributed by atoms with Crippen LogP contribution in [0.4, 0.5) is 4.79 Å². The van der Waals surface area contributed by atoms with Gasteiger partial charge in [-0.05, 0) is 30.0 Å². The monoisotopic (exact) mass is 342 g/mol. The number of nitrogens with zero attached hydrogens (tertiary/aromatic N) is 2. The Morgan fingerprint density at radius 2 is 1.68 bits per heavy atom. The largest absolute Gasteiger partial charge is 0.423 e. The average molecular weight is 342 g/mol. The number of carbonyl (C=O) groups is 3. The lowest BCUT2D eigenvalue weighted by Gasteiger charge is -2.17. The van der Waals surface area contributed by atoms with Crippen LogP contribution in [0.5, 0.6) is 0 Å². The van der Waals surface area contributed by atoms with E-state index in [1.54, 1.807) is 12.1 Å². The van der Waals surface area contributed by atoms with Gasteiger partial charge in [0.2, 0.25) is 0 Å². The lowest BCUT2D eigenvalue weighted by molar-refractivity contribution is -0.143. The lowest BCUT2D eigenvalue weighted by Crippen LogP contribution is -2.35. The van der Waals surface area contributed by atoms with Crippen LogP contribution in [0.1, 0.15) is 25.0 Å². The van der Waals surface area contributed by atoms with Crippen molar-refractivity contribution in [2.45, 2.75) is 27.3 Å². The second-order valence-electron chi connectivity index (χ2n) is 6.57. The molecular formula is C18H18N2O5. The molecule has 4 amide bonds. The van der Waals surface area contributed by atoms with Gasteiger partial charge in [0.25, 0.3) is 0 Å². The fourth-order valence-electron chi connectivity index (χ4n) is 2.85. The Hall–Kier alpha value is -2.96. The Bertz CT molecular complexity index is 944. The molecule has 1 aromatic carbocycles. The second kappa shape index (κ2) is 6.16. The lowest BCUT2D eigenvalue weighted by atomic mass is 10.1. The molecule has 7 heteroatoms. The van der Waals surface area contributed by atoms with Gasteiger partial charge in [0.1, 0.15) is 5.58 Å². The van der Waals surface area contributed by atoms with E-state index in [0.717, 1.165) is 15.4 Å². The Morgan fingerprint density at radius 3 is 2.36 bits per heavy atom. The van der Waals surface area contributed by atoms with Gasteiger partial charge >= 0.3 is 23.5 Å². The molecular weight excluding hydrogens is 324 g/mol. The standard InChI is InChI=1S/C18H18N2O5/c1-10(2)8-19-16(22)17(23)20(18(19)24)9-12-7-15(21)25-14-6-11(3)4-5-13(12)14/h4-7,10H,8-9H2,1-3H3. The number of hydrogen-bond donors (Lipinski definition) is 0.